The van der Waals surface area contributed by atoms with E-state index in [1.807, 2.05) is 48.5 Å². The number of aromatic nitrogens is 1. The number of hydrogen-bond acceptors (Lipinski definition) is 2. The Balaban J connectivity index is 1.78. The Labute approximate surface area is 140 Å². The van der Waals surface area contributed by atoms with E-state index in [4.69, 9.17) is 4.74 Å². The highest BCUT2D eigenvalue weighted by atomic mass is 16.5. The van der Waals surface area contributed by atoms with E-state index in [9.17, 15) is 4.79 Å². The molecule has 0 atom stereocenters. The second-order valence-corrected chi connectivity index (χ2v) is 5.70. The van der Waals surface area contributed by atoms with Gasteiger partial charge in [0.05, 0.1) is 11.1 Å². The number of ether oxygens (including phenoxy) is 1. The second-order valence-electron chi connectivity index (χ2n) is 5.70. The number of benzene rings is 3. The number of nitrogens with zero attached hydrogens (tertiary/aromatic N) is 1. The maximum atomic E-state index is 12.2. The number of aryl methyl sites for hydroxylation is 1. The third-order valence-electron chi connectivity index (χ3n) is 4.28. The first-order chi connectivity index (χ1) is 11.8. The molecule has 0 fully saturated rings. The summed E-state index contributed by atoms with van der Waals surface area (Å²) < 4.78 is 7.79. The lowest BCUT2D eigenvalue weighted by atomic mass is 10.1. The molecule has 0 saturated heterocycles. The summed E-state index contributed by atoms with van der Waals surface area (Å²) in [6.07, 6.45) is 0. The molecule has 0 spiro atoms. The van der Waals surface area contributed by atoms with Crippen LogP contribution in [0.25, 0.3) is 21.8 Å². The lowest BCUT2D eigenvalue weighted by Crippen LogP contribution is -2.08. The van der Waals surface area contributed by atoms with Crippen molar-refractivity contribution < 1.29 is 9.53 Å². The molecule has 118 valence electrons. The Hall–Kier alpha value is -3.07. The largest absolute Gasteiger partial charge is 0.423 e. The molecule has 4 aromatic rings. The van der Waals surface area contributed by atoms with E-state index in [1.165, 1.54) is 16.3 Å². The Morgan fingerprint density at radius 1 is 0.875 bits per heavy atom. The smallest absolute Gasteiger partial charge is 0.343 e. The maximum Gasteiger partial charge on any atom is 0.343 e. The van der Waals surface area contributed by atoms with Crippen LogP contribution in [0, 0.1) is 0 Å². The molecule has 4 rings (SSSR count). The molecular formula is C21H17NO2. The molecule has 0 aliphatic rings. The van der Waals surface area contributed by atoms with Gasteiger partial charge < -0.3 is 9.30 Å². The minimum absolute atomic E-state index is 0.339. The Morgan fingerprint density at radius 2 is 1.58 bits per heavy atom. The van der Waals surface area contributed by atoms with Gasteiger partial charge in [-0.15, -0.1) is 0 Å². The molecule has 3 heteroatoms. The summed E-state index contributed by atoms with van der Waals surface area (Å²) in [6, 6.07) is 23.2. The van der Waals surface area contributed by atoms with Crippen molar-refractivity contribution in [3.8, 4) is 5.75 Å². The van der Waals surface area contributed by atoms with Crippen molar-refractivity contribution in [2.24, 2.45) is 0 Å². The number of fused-ring (bicyclic) bond motifs is 3. The van der Waals surface area contributed by atoms with E-state index < -0.39 is 0 Å². The van der Waals surface area contributed by atoms with Gasteiger partial charge in [-0.25, -0.2) is 4.79 Å². The fraction of sp³-hybridized carbons (Fsp3) is 0.0952. The van der Waals surface area contributed by atoms with E-state index in [2.05, 4.69) is 23.6 Å². The van der Waals surface area contributed by atoms with Crippen molar-refractivity contribution >= 4 is 27.8 Å². The summed E-state index contributed by atoms with van der Waals surface area (Å²) in [4.78, 5) is 12.2. The number of rotatable bonds is 3. The van der Waals surface area contributed by atoms with Gasteiger partial charge in [0.1, 0.15) is 5.75 Å². The van der Waals surface area contributed by atoms with Crippen molar-refractivity contribution in [3.05, 3.63) is 78.4 Å². The van der Waals surface area contributed by atoms with Gasteiger partial charge in [0.15, 0.2) is 0 Å². The van der Waals surface area contributed by atoms with Gasteiger partial charge in [-0.05, 0) is 37.3 Å². The molecule has 0 bridgehead atoms. The van der Waals surface area contributed by atoms with E-state index in [-0.39, 0.29) is 5.97 Å². The van der Waals surface area contributed by atoms with Crippen LogP contribution in [-0.2, 0) is 6.54 Å². The molecular weight excluding hydrogens is 298 g/mol. The summed E-state index contributed by atoms with van der Waals surface area (Å²) in [5, 5.41) is 2.39. The third-order valence-corrected chi connectivity index (χ3v) is 4.28. The minimum atomic E-state index is -0.339. The quantitative estimate of drug-likeness (QED) is 0.392. The van der Waals surface area contributed by atoms with Gasteiger partial charge in [0, 0.05) is 28.9 Å². The number of para-hydroxylation sites is 1. The van der Waals surface area contributed by atoms with Crippen LogP contribution >= 0.6 is 0 Å². The van der Waals surface area contributed by atoms with Crippen LogP contribution in [0.4, 0.5) is 0 Å². The van der Waals surface area contributed by atoms with Crippen LogP contribution in [-0.4, -0.2) is 10.5 Å². The molecule has 0 saturated carbocycles. The molecule has 0 aliphatic carbocycles. The number of carbonyl (C=O) groups excluding carboxylic acids is 1. The van der Waals surface area contributed by atoms with E-state index >= 15 is 0 Å². The summed E-state index contributed by atoms with van der Waals surface area (Å²) in [5.74, 6) is 0.225. The van der Waals surface area contributed by atoms with Crippen molar-refractivity contribution in [2.75, 3.05) is 0 Å². The Bertz CT molecular complexity index is 1030. The third kappa shape index (κ3) is 2.35. The number of esters is 1. The molecule has 1 aromatic heterocycles. The first-order valence-corrected chi connectivity index (χ1v) is 8.06. The SMILES string of the molecule is CCn1c2ccccc2c2ccc(OC(=O)c3ccccc3)cc21. The van der Waals surface area contributed by atoms with Gasteiger partial charge in [-0.1, -0.05) is 36.4 Å². The monoisotopic (exact) mass is 315 g/mol. The fourth-order valence-corrected chi connectivity index (χ4v) is 3.17. The van der Waals surface area contributed by atoms with E-state index in [0.29, 0.717) is 11.3 Å². The molecule has 0 amide bonds. The van der Waals surface area contributed by atoms with Crippen LogP contribution in [0.1, 0.15) is 17.3 Å². The topological polar surface area (TPSA) is 31.2 Å². The zero-order chi connectivity index (χ0) is 16.5. The van der Waals surface area contributed by atoms with Crippen molar-refractivity contribution in [3.63, 3.8) is 0 Å². The van der Waals surface area contributed by atoms with Crippen molar-refractivity contribution in [2.45, 2.75) is 13.5 Å². The highest BCUT2D eigenvalue weighted by Crippen LogP contribution is 2.31. The lowest BCUT2D eigenvalue weighted by molar-refractivity contribution is 0.0735. The zero-order valence-electron chi connectivity index (χ0n) is 13.4. The Morgan fingerprint density at radius 3 is 2.38 bits per heavy atom. The van der Waals surface area contributed by atoms with E-state index in [0.717, 1.165) is 12.1 Å². The first kappa shape index (κ1) is 14.5. The van der Waals surface area contributed by atoms with Crippen LogP contribution in [0.2, 0.25) is 0 Å². The Kier molecular flexibility index (Phi) is 3.54. The summed E-state index contributed by atoms with van der Waals surface area (Å²) >= 11 is 0. The van der Waals surface area contributed by atoms with Gasteiger partial charge in [0.25, 0.3) is 0 Å². The molecule has 0 aliphatic heterocycles. The normalized spacial score (nSPS) is 11.0. The maximum absolute atomic E-state index is 12.2. The minimum Gasteiger partial charge on any atom is -0.423 e. The lowest BCUT2D eigenvalue weighted by Gasteiger charge is -2.06. The molecule has 0 unspecified atom stereocenters. The predicted octanol–water partition coefficient (Wildman–Crippen LogP) is 5.03. The zero-order valence-corrected chi connectivity index (χ0v) is 13.4. The van der Waals surface area contributed by atoms with Crippen LogP contribution in [0.3, 0.4) is 0 Å². The predicted molar refractivity (Wildman–Crippen MR) is 96.5 cm³/mol. The molecule has 1 heterocycles. The summed E-state index contributed by atoms with van der Waals surface area (Å²) in [6.45, 7) is 2.98. The highest BCUT2D eigenvalue weighted by Gasteiger charge is 2.12. The summed E-state index contributed by atoms with van der Waals surface area (Å²) in [7, 11) is 0. The van der Waals surface area contributed by atoms with Crippen LogP contribution in [0.15, 0.2) is 72.8 Å². The molecule has 0 N–H and O–H groups in total. The second kappa shape index (κ2) is 5.85. The van der Waals surface area contributed by atoms with Gasteiger partial charge in [-0.3, -0.25) is 0 Å². The standard InChI is InChI=1S/C21H17NO2/c1-2-22-19-11-7-6-10-17(19)18-13-12-16(14-20(18)22)24-21(23)15-8-4-3-5-9-15/h3-14H,2H2,1H3. The van der Waals surface area contributed by atoms with Crippen molar-refractivity contribution in [1.29, 1.82) is 0 Å². The van der Waals surface area contributed by atoms with Crippen LogP contribution in [0.5, 0.6) is 5.75 Å². The average molecular weight is 315 g/mol. The number of hydrogen-bond donors (Lipinski definition) is 0. The van der Waals surface area contributed by atoms with Gasteiger partial charge >= 0.3 is 5.97 Å². The van der Waals surface area contributed by atoms with Gasteiger partial charge in [0.2, 0.25) is 0 Å². The van der Waals surface area contributed by atoms with Gasteiger partial charge in [-0.2, -0.15) is 0 Å². The first-order valence-electron chi connectivity index (χ1n) is 8.06. The molecule has 24 heavy (non-hydrogen) atoms. The molecule has 0 radical (unpaired) electrons. The average Bonchev–Trinajstić information content (AvgIpc) is 2.95. The molecule has 3 aromatic carbocycles. The van der Waals surface area contributed by atoms with Crippen molar-refractivity contribution in [1.82, 2.24) is 4.57 Å². The summed E-state index contributed by atoms with van der Waals surface area (Å²) in [5.41, 5.74) is 2.83. The van der Waals surface area contributed by atoms with Crippen LogP contribution < -0.4 is 4.74 Å². The number of carbonyl (C=O) groups is 1. The fourth-order valence-electron chi connectivity index (χ4n) is 3.17. The molecule has 3 nitrogen and oxygen atoms in total. The van der Waals surface area contributed by atoms with E-state index in [1.54, 1.807) is 12.1 Å². The highest BCUT2D eigenvalue weighted by molar-refractivity contribution is 6.08.